The molecule has 2 aromatic heterocycles. The highest BCUT2D eigenvalue weighted by Crippen LogP contribution is 2.37. The van der Waals surface area contributed by atoms with Crippen LogP contribution >= 0.6 is 92.8 Å². The number of halogens is 9. The van der Waals surface area contributed by atoms with Gasteiger partial charge in [-0.3, -0.25) is 4.32 Å². The molecule has 0 aliphatic carbocycles. The van der Waals surface area contributed by atoms with Gasteiger partial charge in [0, 0.05) is 0 Å². The van der Waals surface area contributed by atoms with Crippen LogP contribution in [0.5, 0.6) is 0 Å². The van der Waals surface area contributed by atoms with Crippen LogP contribution in [0.15, 0.2) is 36.4 Å². The van der Waals surface area contributed by atoms with Crippen LogP contribution in [0.2, 0.25) is 10.3 Å². The third-order valence-corrected chi connectivity index (χ3v) is 3.59. The van der Waals surface area contributed by atoms with E-state index in [4.69, 9.17) is 103 Å². The third-order valence-electron chi connectivity index (χ3n) is 2.01. The smallest absolute Gasteiger partial charge is 0.398 e. The molecule has 0 aliphatic heterocycles. The molecule has 0 atom stereocenters. The summed E-state index contributed by atoms with van der Waals surface area (Å²) >= 11 is 44.4. The normalized spacial score (nSPS) is 10.9. The van der Waals surface area contributed by atoms with Gasteiger partial charge in [0.1, 0.15) is 10.3 Å². The summed E-state index contributed by atoms with van der Waals surface area (Å²) < 4.78 is 7.12. The van der Waals surface area contributed by atoms with Crippen molar-refractivity contribution in [3.8, 4) is 0 Å². The van der Waals surface area contributed by atoms with Crippen molar-refractivity contribution in [2.24, 2.45) is 0 Å². The Bertz CT molecular complexity index is 627. The Labute approximate surface area is 189 Å². The van der Waals surface area contributed by atoms with E-state index in [0.29, 0.717) is 21.7 Å². The van der Waals surface area contributed by atoms with E-state index in [1.54, 1.807) is 36.4 Å². The fourth-order valence-electron chi connectivity index (χ4n) is 1.13. The summed E-state index contributed by atoms with van der Waals surface area (Å²) in [7, 11) is -2.67. The Kier molecular flexibility index (Phi) is 12.4. The largest absolute Gasteiger partial charge is 0.674 e. The second kappa shape index (κ2) is 12.2. The van der Waals surface area contributed by atoms with Crippen LogP contribution in [0.1, 0.15) is 11.4 Å². The van der Waals surface area contributed by atoms with Crippen LogP contribution in [0.3, 0.4) is 0 Å². The van der Waals surface area contributed by atoms with Crippen molar-refractivity contribution >= 4 is 100 Å². The van der Waals surface area contributed by atoms with Gasteiger partial charge in [-0.1, -0.05) is 105 Å². The highest BCUT2D eigenvalue weighted by molar-refractivity contribution is 6.67. The van der Waals surface area contributed by atoms with Gasteiger partial charge >= 0.3 is 7.40 Å². The number of aromatic nitrogens is 2. The molecule has 0 fully saturated rings. The lowest BCUT2D eigenvalue weighted by atomic mass is 10.3. The van der Waals surface area contributed by atoms with Crippen molar-refractivity contribution in [2.75, 3.05) is 0 Å². The number of hydrogen-bond donors (Lipinski definition) is 2. The van der Waals surface area contributed by atoms with E-state index in [9.17, 15) is 4.32 Å². The lowest BCUT2D eigenvalue weighted by molar-refractivity contribution is 0.340. The molecule has 14 heteroatoms. The zero-order valence-electron chi connectivity index (χ0n) is 12.2. The van der Waals surface area contributed by atoms with Gasteiger partial charge in [0.15, 0.2) is 0 Å². The molecule has 2 heterocycles. The Hall–Kier alpha value is 0.535. The summed E-state index contributed by atoms with van der Waals surface area (Å²) in [5, 5.41) is 14.5. The van der Waals surface area contributed by atoms with Crippen LogP contribution < -0.4 is 0 Å². The van der Waals surface area contributed by atoms with E-state index < -0.39 is 15.0 Å². The van der Waals surface area contributed by atoms with Gasteiger partial charge < -0.3 is 10.0 Å². The standard InChI is InChI=1S/2C6H3Cl4N.BFH2O2/c2*7-5-3-1-2-4(11-5)6(8,9)10;2-1(3)4/h2*1-3H;3-4H. The van der Waals surface area contributed by atoms with Crippen LogP contribution in [0.25, 0.3) is 0 Å². The third kappa shape index (κ3) is 12.8. The van der Waals surface area contributed by atoms with Crippen molar-refractivity contribution < 1.29 is 14.4 Å². The monoisotopic (exact) mass is 522 g/mol. The Morgan fingerprint density at radius 1 is 0.731 bits per heavy atom. The maximum atomic E-state index is 10.1. The fourth-order valence-corrected chi connectivity index (χ4v) is 2.09. The highest BCUT2D eigenvalue weighted by atomic mass is 35.6. The van der Waals surface area contributed by atoms with E-state index in [1.807, 2.05) is 0 Å². The van der Waals surface area contributed by atoms with Gasteiger partial charge in [-0.25, -0.2) is 9.97 Å². The molecule has 0 bridgehead atoms. The second-order valence-corrected chi connectivity index (χ2v) is 9.33. The summed E-state index contributed by atoms with van der Waals surface area (Å²) in [5.41, 5.74) is 0.657. The van der Waals surface area contributed by atoms with Crippen LogP contribution in [-0.4, -0.2) is 27.4 Å². The van der Waals surface area contributed by atoms with Gasteiger partial charge in [-0.15, -0.1) is 0 Å². The Balaban J connectivity index is 0.000000401. The molecule has 144 valence electrons. The number of hydrogen-bond acceptors (Lipinski definition) is 4. The first-order chi connectivity index (χ1) is 11.7. The zero-order valence-corrected chi connectivity index (χ0v) is 18.3. The zero-order chi connectivity index (χ0) is 20.5. The summed E-state index contributed by atoms with van der Waals surface area (Å²) in [4.78, 5) is 7.63. The van der Waals surface area contributed by atoms with Crippen molar-refractivity contribution in [3.05, 3.63) is 58.1 Å². The molecule has 4 nitrogen and oxygen atoms in total. The van der Waals surface area contributed by atoms with E-state index in [1.165, 1.54) is 0 Å². The SMILES string of the molecule is Clc1cccc(C(Cl)(Cl)Cl)n1.Clc1cccc(C(Cl)(Cl)Cl)n1.OB(O)F. The molecule has 0 unspecified atom stereocenters. The molecule has 2 N–H and O–H groups in total. The van der Waals surface area contributed by atoms with Crippen LogP contribution in [0, 0.1) is 0 Å². The molecule has 0 aromatic carbocycles. The van der Waals surface area contributed by atoms with E-state index in [0.717, 1.165) is 0 Å². The lowest BCUT2D eigenvalue weighted by Gasteiger charge is -2.08. The van der Waals surface area contributed by atoms with Gasteiger partial charge in [0.05, 0.1) is 11.4 Å². The maximum Gasteiger partial charge on any atom is 0.674 e. The highest BCUT2D eigenvalue weighted by Gasteiger charge is 2.24. The summed E-state index contributed by atoms with van der Waals surface area (Å²) in [6.45, 7) is 0. The second-order valence-electron chi connectivity index (χ2n) is 4.00. The number of alkyl halides is 6. The molecule has 2 aromatic rings. The topological polar surface area (TPSA) is 66.2 Å². The van der Waals surface area contributed by atoms with Crippen LogP contribution in [-0.2, 0) is 7.59 Å². The van der Waals surface area contributed by atoms with Gasteiger partial charge in [0.25, 0.3) is 0 Å². The van der Waals surface area contributed by atoms with Gasteiger partial charge in [0.2, 0.25) is 7.59 Å². The maximum absolute atomic E-state index is 10.1. The molecule has 0 radical (unpaired) electrons. The first-order valence-electron chi connectivity index (χ1n) is 6.13. The average molecular weight is 526 g/mol. The predicted octanol–water partition coefficient (Wildman–Crippen LogP) is 6.05. The van der Waals surface area contributed by atoms with Gasteiger partial charge in [-0.05, 0) is 24.3 Å². The average Bonchev–Trinajstić information content (AvgIpc) is 2.45. The first kappa shape index (κ1) is 26.5. The summed E-state index contributed by atoms with van der Waals surface area (Å²) in [6.07, 6.45) is 0. The molecular weight excluding hydrogens is 518 g/mol. The Morgan fingerprint density at radius 2 is 1.00 bits per heavy atom. The number of nitrogens with zero attached hydrogens (tertiary/aromatic N) is 2. The molecule has 2 rings (SSSR count). The number of pyridine rings is 2. The summed E-state index contributed by atoms with van der Waals surface area (Å²) in [5.74, 6) is 0. The van der Waals surface area contributed by atoms with Crippen LogP contribution in [0.4, 0.5) is 4.32 Å². The molecule has 0 amide bonds. The minimum Gasteiger partial charge on any atom is -0.398 e. The van der Waals surface area contributed by atoms with E-state index in [-0.39, 0.29) is 0 Å². The lowest BCUT2D eigenvalue weighted by Crippen LogP contribution is -2.02. The fraction of sp³-hybridized carbons (Fsp3) is 0.167. The first-order valence-corrected chi connectivity index (χ1v) is 9.15. The van der Waals surface area contributed by atoms with Crippen molar-refractivity contribution in [3.63, 3.8) is 0 Å². The predicted molar refractivity (Wildman–Crippen MR) is 108 cm³/mol. The quantitative estimate of drug-likeness (QED) is 0.250. The molecular formula is C12H8BCl8FN2O2. The van der Waals surface area contributed by atoms with Crippen molar-refractivity contribution in [1.29, 1.82) is 0 Å². The molecule has 0 spiro atoms. The summed E-state index contributed by atoms with van der Waals surface area (Å²) in [6, 6.07) is 9.76. The van der Waals surface area contributed by atoms with Crippen molar-refractivity contribution in [1.82, 2.24) is 9.97 Å². The van der Waals surface area contributed by atoms with Crippen molar-refractivity contribution in [2.45, 2.75) is 7.59 Å². The van der Waals surface area contributed by atoms with E-state index in [2.05, 4.69) is 9.97 Å². The minimum atomic E-state index is -2.67. The number of rotatable bonds is 0. The van der Waals surface area contributed by atoms with E-state index >= 15 is 0 Å². The molecule has 0 saturated carbocycles. The minimum absolute atomic E-state index is 0.314. The van der Waals surface area contributed by atoms with Gasteiger partial charge in [-0.2, -0.15) is 0 Å². The Morgan fingerprint density at radius 3 is 1.15 bits per heavy atom. The molecule has 0 saturated heterocycles. The molecule has 0 aliphatic rings. The molecule has 26 heavy (non-hydrogen) atoms.